The van der Waals surface area contributed by atoms with E-state index in [9.17, 15) is 9.59 Å². The molecule has 1 aromatic carbocycles. The molecule has 0 spiro atoms. The molecule has 8 nitrogen and oxygen atoms in total. The van der Waals surface area contributed by atoms with Gasteiger partial charge in [-0.25, -0.2) is 9.50 Å². The molecule has 1 aliphatic heterocycles. The third-order valence-corrected chi connectivity index (χ3v) is 5.96. The highest BCUT2D eigenvalue weighted by molar-refractivity contribution is 5.98. The lowest BCUT2D eigenvalue weighted by molar-refractivity contribution is 0.0844. The lowest BCUT2D eigenvalue weighted by atomic mass is 9.97. The van der Waals surface area contributed by atoms with E-state index in [4.69, 9.17) is 4.74 Å². The average molecular weight is 419 g/mol. The van der Waals surface area contributed by atoms with Crippen LogP contribution in [-0.2, 0) is 4.74 Å². The van der Waals surface area contributed by atoms with Gasteiger partial charge in [0.2, 0.25) is 0 Å². The summed E-state index contributed by atoms with van der Waals surface area (Å²) in [6, 6.07) is 10.8. The van der Waals surface area contributed by atoms with Crippen molar-refractivity contribution in [2.75, 3.05) is 13.2 Å². The highest BCUT2D eigenvalue weighted by Gasteiger charge is 2.20. The summed E-state index contributed by atoms with van der Waals surface area (Å²) < 4.78 is 6.89. The zero-order chi connectivity index (χ0) is 21.5. The zero-order valence-electron chi connectivity index (χ0n) is 17.6. The molecule has 3 aromatic heterocycles. The van der Waals surface area contributed by atoms with Gasteiger partial charge in [0.25, 0.3) is 11.5 Å². The minimum Gasteiger partial charge on any atom is -0.381 e. The number of carbonyl (C=O) groups is 1. The Morgan fingerprint density at radius 3 is 2.84 bits per heavy atom. The first-order valence-electron chi connectivity index (χ1n) is 10.6. The predicted octanol–water partition coefficient (Wildman–Crippen LogP) is 3.20. The molecule has 0 saturated carbocycles. The average Bonchev–Trinajstić information content (AvgIpc) is 3.38. The molecule has 4 heterocycles. The third kappa shape index (κ3) is 3.74. The lowest BCUT2D eigenvalue weighted by Gasteiger charge is -2.20. The van der Waals surface area contributed by atoms with E-state index in [-0.39, 0.29) is 11.5 Å². The lowest BCUT2D eigenvalue weighted by Crippen LogP contribution is -2.29. The third-order valence-electron chi connectivity index (χ3n) is 5.96. The summed E-state index contributed by atoms with van der Waals surface area (Å²) in [6.07, 6.45) is 1.84. The van der Waals surface area contributed by atoms with Crippen LogP contribution in [0.3, 0.4) is 0 Å². The van der Waals surface area contributed by atoms with E-state index >= 15 is 0 Å². The topological polar surface area (TPSA) is 104 Å². The number of aromatic nitrogens is 4. The molecule has 5 rings (SSSR count). The van der Waals surface area contributed by atoms with Crippen LogP contribution in [-0.4, -0.2) is 38.7 Å². The summed E-state index contributed by atoms with van der Waals surface area (Å²) in [6.45, 7) is 5.29. The van der Waals surface area contributed by atoms with Crippen molar-refractivity contribution in [3.05, 3.63) is 69.4 Å². The SMILES string of the molecule is Cc1ccc2cc(C(=O)NC(C)c3cc(=O)n4[nH]c(C5CCOCC5)cc4n3)[nH]c2c1. The highest BCUT2D eigenvalue weighted by atomic mass is 16.5. The van der Waals surface area contributed by atoms with Crippen LogP contribution in [0.2, 0.25) is 0 Å². The molecule has 0 aliphatic carbocycles. The number of rotatable bonds is 4. The summed E-state index contributed by atoms with van der Waals surface area (Å²) in [4.78, 5) is 33.2. The number of aromatic amines is 2. The Balaban J connectivity index is 1.38. The maximum absolute atomic E-state index is 12.8. The van der Waals surface area contributed by atoms with Crippen LogP contribution in [0.4, 0.5) is 0 Å². The van der Waals surface area contributed by atoms with Crippen LogP contribution in [0.25, 0.3) is 16.6 Å². The van der Waals surface area contributed by atoms with Gasteiger partial charge in [-0.1, -0.05) is 12.1 Å². The second-order valence-corrected chi connectivity index (χ2v) is 8.28. The van der Waals surface area contributed by atoms with Crippen molar-refractivity contribution in [2.24, 2.45) is 0 Å². The number of ether oxygens (including phenoxy) is 1. The molecule has 1 saturated heterocycles. The number of hydrogen-bond acceptors (Lipinski definition) is 4. The Morgan fingerprint density at radius 1 is 1.23 bits per heavy atom. The molecule has 1 atom stereocenters. The van der Waals surface area contributed by atoms with Gasteiger partial charge >= 0.3 is 0 Å². The fraction of sp³-hybridized carbons (Fsp3) is 0.348. The Hall–Kier alpha value is -3.39. The molecule has 1 aliphatic rings. The summed E-state index contributed by atoms with van der Waals surface area (Å²) >= 11 is 0. The maximum atomic E-state index is 12.8. The Morgan fingerprint density at radius 2 is 2.03 bits per heavy atom. The number of aryl methyl sites for hydroxylation is 1. The summed E-state index contributed by atoms with van der Waals surface area (Å²) in [5, 5.41) is 7.10. The number of amides is 1. The minimum atomic E-state index is -0.417. The Labute approximate surface area is 178 Å². The van der Waals surface area contributed by atoms with Crippen molar-refractivity contribution in [3.63, 3.8) is 0 Å². The van der Waals surface area contributed by atoms with Crippen molar-refractivity contribution in [1.82, 2.24) is 24.9 Å². The van der Waals surface area contributed by atoms with E-state index < -0.39 is 6.04 Å². The molecule has 0 bridgehead atoms. The fourth-order valence-corrected chi connectivity index (χ4v) is 4.18. The molecule has 1 amide bonds. The van der Waals surface area contributed by atoms with Crippen molar-refractivity contribution in [1.29, 1.82) is 0 Å². The Kier molecular flexibility index (Phi) is 4.86. The van der Waals surface area contributed by atoms with Crippen LogP contribution in [0.15, 0.2) is 41.2 Å². The predicted molar refractivity (Wildman–Crippen MR) is 118 cm³/mol. The standard InChI is InChI=1S/C23H25N5O3/c1-13-3-4-16-10-20(25-18(16)9-13)23(30)24-14(2)17-12-22(29)28-21(26-17)11-19(27-28)15-5-7-31-8-6-15/h3-4,9-12,14-15,25,27H,5-8H2,1-2H3,(H,24,30). The number of fused-ring (bicyclic) bond motifs is 2. The first kappa shape index (κ1) is 19.6. The fourth-order valence-electron chi connectivity index (χ4n) is 4.18. The quantitative estimate of drug-likeness (QED) is 0.472. The highest BCUT2D eigenvalue weighted by Crippen LogP contribution is 2.26. The van der Waals surface area contributed by atoms with Crippen LogP contribution < -0.4 is 10.9 Å². The smallest absolute Gasteiger partial charge is 0.272 e. The van der Waals surface area contributed by atoms with Gasteiger partial charge in [0.05, 0.1) is 11.7 Å². The van der Waals surface area contributed by atoms with Gasteiger partial charge < -0.3 is 15.0 Å². The van der Waals surface area contributed by atoms with E-state index in [0.717, 1.165) is 48.2 Å². The minimum absolute atomic E-state index is 0.194. The van der Waals surface area contributed by atoms with E-state index in [2.05, 4.69) is 20.4 Å². The van der Waals surface area contributed by atoms with Crippen LogP contribution >= 0.6 is 0 Å². The van der Waals surface area contributed by atoms with Crippen molar-refractivity contribution < 1.29 is 9.53 Å². The molecule has 4 aromatic rings. The van der Waals surface area contributed by atoms with Crippen molar-refractivity contribution in [2.45, 2.75) is 38.6 Å². The zero-order valence-corrected chi connectivity index (χ0v) is 17.6. The van der Waals surface area contributed by atoms with Gasteiger partial charge in [-0.3, -0.25) is 14.7 Å². The maximum Gasteiger partial charge on any atom is 0.272 e. The van der Waals surface area contributed by atoms with Gasteiger partial charge in [-0.15, -0.1) is 0 Å². The molecule has 3 N–H and O–H groups in total. The van der Waals surface area contributed by atoms with E-state index in [1.54, 1.807) is 0 Å². The summed E-state index contributed by atoms with van der Waals surface area (Å²) in [5.74, 6) is 0.0985. The first-order valence-corrected chi connectivity index (χ1v) is 10.6. The van der Waals surface area contributed by atoms with Crippen molar-refractivity contribution >= 4 is 22.5 Å². The number of hydrogen-bond donors (Lipinski definition) is 3. The number of nitrogens with zero attached hydrogens (tertiary/aromatic N) is 2. The van der Waals surface area contributed by atoms with Crippen molar-refractivity contribution in [3.8, 4) is 0 Å². The number of carbonyl (C=O) groups excluding carboxylic acids is 1. The molecule has 31 heavy (non-hydrogen) atoms. The molecule has 8 heteroatoms. The second-order valence-electron chi connectivity index (χ2n) is 8.28. The van der Waals surface area contributed by atoms with E-state index in [1.807, 2.05) is 44.2 Å². The van der Waals surface area contributed by atoms with Gasteiger partial charge in [0.1, 0.15) is 5.69 Å². The summed E-state index contributed by atoms with van der Waals surface area (Å²) in [7, 11) is 0. The monoisotopic (exact) mass is 419 g/mol. The van der Waals surface area contributed by atoms with Crippen LogP contribution in [0.5, 0.6) is 0 Å². The largest absolute Gasteiger partial charge is 0.381 e. The number of benzene rings is 1. The molecule has 160 valence electrons. The molecule has 0 radical (unpaired) electrons. The molecule has 1 fully saturated rings. The molecule has 1 unspecified atom stereocenters. The number of H-pyrrole nitrogens is 2. The van der Waals surface area contributed by atoms with Gasteiger partial charge in [-0.2, -0.15) is 0 Å². The normalized spacial score (nSPS) is 16.1. The van der Waals surface area contributed by atoms with E-state index in [1.165, 1.54) is 10.6 Å². The van der Waals surface area contributed by atoms with Gasteiger partial charge in [-0.05, 0) is 44.4 Å². The molecular formula is C23H25N5O3. The number of nitrogens with one attached hydrogen (secondary N) is 3. The first-order chi connectivity index (χ1) is 15.0. The van der Waals surface area contributed by atoms with Gasteiger partial charge in [0.15, 0.2) is 5.65 Å². The van der Waals surface area contributed by atoms with E-state index in [0.29, 0.717) is 23.0 Å². The second kappa shape index (κ2) is 7.70. The van der Waals surface area contributed by atoms with Crippen LogP contribution in [0.1, 0.15) is 59.2 Å². The van der Waals surface area contributed by atoms with Gasteiger partial charge in [0, 0.05) is 47.9 Å². The Bertz CT molecular complexity index is 1330. The van der Waals surface area contributed by atoms with Crippen LogP contribution in [0, 0.1) is 6.92 Å². The molecular weight excluding hydrogens is 394 g/mol. The summed E-state index contributed by atoms with van der Waals surface area (Å²) in [5.41, 5.74) is 4.42.